The molecule has 0 radical (unpaired) electrons. The highest BCUT2D eigenvalue weighted by molar-refractivity contribution is 7.92. The Kier molecular flexibility index (Phi) is 4.09. The Balaban J connectivity index is 2.33. The zero-order chi connectivity index (χ0) is 15.6. The fraction of sp³-hybridized carbons (Fsp3) is 0.200. The molecule has 0 amide bonds. The molecule has 3 N–H and O–H groups in total. The highest BCUT2D eigenvalue weighted by atomic mass is 32.2. The van der Waals surface area contributed by atoms with Gasteiger partial charge in [-0.15, -0.1) is 0 Å². The number of sulfonamides is 1. The summed E-state index contributed by atoms with van der Waals surface area (Å²) in [6.07, 6.45) is 0. The third kappa shape index (κ3) is 3.28. The molecule has 0 spiro atoms. The van der Waals surface area contributed by atoms with Gasteiger partial charge in [-0.1, -0.05) is 0 Å². The molecule has 0 atom stereocenters. The maximum atomic E-state index is 12.4. The largest absolute Gasteiger partial charge is 0.496 e. The first-order valence-electron chi connectivity index (χ1n) is 6.37. The van der Waals surface area contributed by atoms with Gasteiger partial charge < -0.3 is 10.5 Å². The lowest BCUT2D eigenvalue weighted by molar-refractivity contribution is 0.411. The normalized spacial score (nSPS) is 11.2. The molecule has 0 aliphatic heterocycles. The van der Waals surface area contributed by atoms with Crippen LogP contribution in [0.3, 0.4) is 0 Å². The van der Waals surface area contributed by atoms with Gasteiger partial charge in [0, 0.05) is 11.4 Å². The Labute approximate surface area is 124 Å². The molecule has 5 nitrogen and oxygen atoms in total. The summed E-state index contributed by atoms with van der Waals surface area (Å²) in [5.41, 5.74) is 8.41. The van der Waals surface area contributed by atoms with Crippen molar-refractivity contribution in [1.82, 2.24) is 0 Å². The number of anilines is 2. The standard InChI is InChI=1S/C15H18N2O3S/c1-10-8-12(4-6-14(10)16)17-21(18,19)13-5-7-15(20-3)11(2)9-13/h4-9,17H,16H2,1-3H3. The summed E-state index contributed by atoms with van der Waals surface area (Å²) in [7, 11) is -2.09. The Morgan fingerprint density at radius 3 is 2.33 bits per heavy atom. The van der Waals surface area contributed by atoms with Crippen LogP contribution < -0.4 is 15.2 Å². The summed E-state index contributed by atoms with van der Waals surface area (Å²) < 4.78 is 32.4. The van der Waals surface area contributed by atoms with Crippen LogP contribution in [0.4, 0.5) is 11.4 Å². The van der Waals surface area contributed by atoms with E-state index in [9.17, 15) is 8.42 Å². The van der Waals surface area contributed by atoms with Crippen LogP contribution in [0.2, 0.25) is 0 Å². The van der Waals surface area contributed by atoms with Crippen molar-refractivity contribution in [2.24, 2.45) is 0 Å². The number of hydrogen-bond donors (Lipinski definition) is 2. The molecule has 0 bridgehead atoms. The van der Waals surface area contributed by atoms with Crippen LogP contribution in [-0.4, -0.2) is 15.5 Å². The van der Waals surface area contributed by atoms with Gasteiger partial charge in [-0.25, -0.2) is 8.42 Å². The average Bonchev–Trinajstić information content (AvgIpc) is 2.42. The van der Waals surface area contributed by atoms with Crippen molar-refractivity contribution in [2.75, 3.05) is 17.6 Å². The molecule has 0 aliphatic rings. The minimum Gasteiger partial charge on any atom is -0.496 e. The zero-order valence-corrected chi connectivity index (χ0v) is 13.0. The van der Waals surface area contributed by atoms with E-state index >= 15 is 0 Å². The number of methoxy groups -OCH3 is 1. The molecular formula is C15H18N2O3S. The molecular weight excluding hydrogens is 288 g/mol. The molecule has 0 aromatic heterocycles. The predicted molar refractivity (Wildman–Crippen MR) is 84.1 cm³/mol. The molecule has 0 fully saturated rings. The number of nitrogen functional groups attached to an aromatic ring is 1. The van der Waals surface area contributed by atoms with Crippen LogP contribution in [0.25, 0.3) is 0 Å². The van der Waals surface area contributed by atoms with Gasteiger partial charge in [0.1, 0.15) is 5.75 Å². The summed E-state index contributed by atoms with van der Waals surface area (Å²) in [6.45, 7) is 3.62. The van der Waals surface area contributed by atoms with E-state index in [0.717, 1.165) is 11.1 Å². The lowest BCUT2D eigenvalue weighted by Crippen LogP contribution is -2.13. The summed E-state index contributed by atoms with van der Waals surface area (Å²) in [5.74, 6) is 0.650. The van der Waals surface area contributed by atoms with Crippen molar-refractivity contribution < 1.29 is 13.2 Å². The lowest BCUT2D eigenvalue weighted by Gasteiger charge is -2.11. The fourth-order valence-electron chi connectivity index (χ4n) is 1.97. The van der Waals surface area contributed by atoms with E-state index in [1.165, 1.54) is 6.07 Å². The fourth-order valence-corrected chi connectivity index (χ4v) is 3.11. The average molecular weight is 306 g/mol. The number of rotatable bonds is 4. The van der Waals surface area contributed by atoms with Gasteiger partial charge in [-0.05, 0) is 61.4 Å². The molecule has 112 valence electrons. The van der Waals surface area contributed by atoms with E-state index in [0.29, 0.717) is 17.1 Å². The zero-order valence-electron chi connectivity index (χ0n) is 12.2. The van der Waals surface area contributed by atoms with E-state index in [1.54, 1.807) is 44.4 Å². The van der Waals surface area contributed by atoms with Crippen LogP contribution in [0.15, 0.2) is 41.3 Å². The number of aryl methyl sites for hydroxylation is 2. The van der Waals surface area contributed by atoms with Crippen molar-refractivity contribution in [1.29, 1.82) is 0 Å². The summed E-state index contributed by atoms with van der Waals surface area (Å²) in [6, 6.07) is 9.73. The van der Waals surface area contributed by atoms with E-state index in [-0.39, 0.29) is 4.90 Å². The SMILES string of the molecule is COc1ccc(S(=O)(=O)Nc2ccc(N)c(C)c2)cc1C. The molecule has 2 aromatic rings. The third-order valence-corrected chi connectivity index (χ3v) is 4.58. The first-order chi connectivity index (χ1) is 9.83. The van der Waals surface area contributed by atoms with E-state index in [4.69, 9.17) is 10.5 Å². The van der Waals surface area contributed by atoms with Crippen molar-refractivity contribution in [3.63, 3.8) is 0 Å². The smallest absolute Gasteiger partial charge is 0.261 e. The van der Waals surface area contributed by atoms with Gasteiger partial charge >= 0.3 is 0 Å². The van der Waals surface area contributed by atoms with Crippen LogP contribution >= 0.6 is 0 Å². The third-order valence-electron chi connectivity index (χ3n) is 3.20. The lowest BCUT2D eigenvalue weighted by atomic mass is 10.2. The maximum absolute atomic E-state index is 12.4. The first-order valence-corrected chi connectivity index (χ1v) is 7.85. The second kappa shape index (κ2) is 5.65. The van der Waals surface area contributed by atoms with Gasteiger partial charge in [0.25, 0.3) is 10.0 Å². The Morgan fingerprint density at radius 1 is 1.05 bits per heavy atom. The molecule has 6 heteroatoms. The van der Waals surface area contributed by atoms with Gasteiger partial charge in [0.2, 0.25) is 0 Å². The summed E-state index contributed by atoms with van der Waals surface area (Å²) >= 11 is 0. The molecule has 0 heterocycles. The number of nitrogens with one attached hydrogen (secondary N) is 1. The van der Waals surface area contributed by atoms with Gasteiger partial charge in [0.05, 0.1) is 12.0 Å². The molecule has 0 aliphatic carbocycles. The van der Waals surface area contributed by atoms with Crippen molar-refractivity contribution in [2.45, 2.75) is 18.7 Å². The minimum atomic E-state index is -3.64. The monoisotopic (exact) mass is 306 g/mol. The first kappa shape index (κ1) is 15.2. The van der Waals surface area contributed by atoms with Crippen LogP contribution in [0.1, 0.15) is 11.1 Å². The van der Waals surface area contributed by atoms with E-state index in [2.05, 4.69) is 4.72 Å². The Morgan fingerprint density at radius 2 is 1.76 bits per heavy atom. The van der Waals surface area contributed by atoms with Crippen molar-refractivity contribution >= 4 is 21.4 Å². The Hall–Kier alpha value is -2.21. The predicted octanol–water partition coefficient (Wildman–Crippen LogP) is 2.70. The quantitative estimate of drug-likeness (QED) is 0.851. The molecule has 2 rings (SSSR count). The van der Waals surface area contributed by atoms with Gasteiger partial charge in [-0.2, -0.15) is 0 Å². The molecule has 0 unspecified atom stereocenters. The van der Waals surface area contributed by atoms with Gasteiger partial charge in [0.15, 0.2) is 0 Å². The second-order valence-electron chi connectivity index (χ2n) is 4.81. The molecule has 0 saturated carbocycles. The number of hydrogen-bond acceptors (Lipinski definition) is 4. The molecule has 0 saturated heterocycles. The highest BCUT2D eigenvalue weighted by Gasteiger charge is 2.15. The van der Waals surface area contributed by atoms with Crippen LogP contribution in [0.5, 0.6) is 5.75 Å². The minimum absolute atomic E-state index is 0.190. The number of benzene rings is 2. The van der Waals surface area contributed by atoms with Crippen molar-refractivity contribution in [3.8, 4) is 5.75 Å². The van der Waals surface area contributed by atoms with Gasteiger partial charge in [-0.3, -0.25) is 4.72 Å². The van der Waals surface area contributed by atoms with E-state index < -0.39 is 10.0 Å². The molecule has 21 heavy (non-hydrogen) atoms. The topological polar surface area (TPSA) is 81.4 Å². The number of nitrogens with two attached hydrogens (primary N) is 1. The summed E-state index contributed by atoms with van der Waals surface area (Å²) in [4.78, 5) is 0.190. The summed E-state index contributed by atoms with van der Waals surface area (Å²) in [5, 5.41) is 0. The van der Waals surface area contributed by atoms with E-state index in [1.807, 2.05) is 6.92 Å². The molecule has 2 aromatic carbocycles. The van der Waals surface area contributed by atoms with Crippen LogP contribution in [0, 0.1) is 13.8 Å². The van der Waals surface area contributed by atoms with Crippen LogP contribution in [-0.2, 0) is 10.0 Å². The van der Waals surface area contributed by atoms with Crippen molar-refractivity contribution in [3.05, 3.63) is 47.5 Å². The second-order valence-corrected chi connectivity index (χ2v) is 6.49. The highest BCUT2D eigenvalue weighted by Crippen LogP contribution is 2.24. The number of ether oxygens (including phenoxy) is 1. The maximum Gasteiger partial charge on any atom is 0.261 e. The Bertz CT molecular complexity index is 770.